The summed E-state index contributed by atoms with van der Waals surface area (Å²) in [5, 5.41) is 1.14. The maximum atomic E-state index is 13.4. The van der Waals surface area contributed by atoms with E-state index in [2.05, 4.69) is 33.4 Å². The predicted octanol–water partition coefficient (Wildman–Crippen LogP) is 5.88. The summed E-state index contributed by atoms with van der Waals surface area (Å²) in [5.41, 5.74) is 6.22. The second kappa shape index (κ2) is 13.8. The topological polar surface area (TPSA) is 101 Å². The minimum absolute atomic E-state index is 0.160. The third-order valence-electron chi connectivity index (χ3n) is 10.4. The van der Waals surface area contributed by atoms with Gasteiger partial charge in [-0.25, -0.2) is 13.1 Å². The van der Waals surface area contributed by atoms with Crippen LogP contribution in [0.5, 0.6) is 5.75 Å². The molecule has 2 fully saturated rings. The van der Waals surface area contributed by atoms with E-state index in [1.165, 1.54) is 48.6 Å². The summed E-state index contributed by atoms with van der Waals surface area (Å²) in [7, 11) is 0.128. The van der Waals surface area contributed by atoms with Crippen molar-refractivity contribution in [2.24, 2.45) is 0 Å². The van der Waals surface area contributed by atoms with Crippen molar-refractivity contribution in [2.45, 2.75) is 83.1 Å². The number of amides is 2. The SMILES string of the molecule is CCS(=O)(=O)NC(=O)c1ccc2c(C3CCCCC3)c3n(c2c1)CCC(CCC(=O)N1CCCN(C)CC1)c1cc(OC)ccc1-3. The van der Waals surface area contributed by atoms with Gasteiger partial charge < -0.3 is 19.1 Å². The molecule has 3 aliphatic rings. The monoisotopic (exact) mass is 648 g/mol. The number of benzene rings is 2. The van der Waals surface area contributed by atoms with Crippen LogP contribution in [0.1, 0.15) is 98.0 Å². The van der Waals surface area contributed by atoms with Crippen LogP contribution in [0.3, 0.4) is 0 Å². The lowest BCUT2D eigenvalue weighted by Gasteiger charge is -2.25. The van der Waals surface area contributed by atoms with Crippen LogP contribution < -0.4 is 9.46 Å². The first-order chi connectivity index (χ1) is 22.2. The van der Waals surface area contributed by atoms with Crippen molar-refractivity contribution in [3.05, 3.63) is 53.1 Å². The largest absolute Gasteiger partial charge is 0.497 e. The normalized spacial score (nSPS) is 19.6. The van der Waals surface area contributed by atoms with E-state index in [0.717, 1.165) is 81.5 Å². The van der Waals surface area contributed by atoms with Crippen LogP contribution in [0.2, 0.25) is 0 Å². The summed E-state index contributed by atoms with van der Waals surface area (Å²) >= 11 is 0. The van der Waals surface area contributed by atoms with Gasteiger partial charge in [0.25, 0.3) is 5.91 Å². The van der Waals surface area contributed by atoms with E-state index in [-0.39, 0.29) is 17.6 Å². The molecule has 2 aromatic carbocycles. The highest BCUT2D eigenvalue weighted by Gasteiger charge is 2.32. The zero-order valence-corrected chi connectivity index (χ0v) is 28.3. The number of likely N-dealkylation sites (N-methyl/N-ethyl adjacent to an activating group) is 1. The van der Waals surface area contributed by atoms with Crippen molar-refractivity contribution in [2.75, 3.05) is 46.1 Å². The Morgan fingerprint density at radius 3 is 2.50 bits per heavy atom. The second-order valence-electron chi connectivity index (χ2n) is 13.3. The average Bonchev–Trinajstić information content (AvgIpc) is 3.15. The number of hydrogen-bond acceptors (Lipinski definition) is 6. The highest BCUT2D eigenvalue weighted by atomic mass is 32.2. The Kier molecular flexibility index (Phi) is 9.75. The fraction of sp³-hybridized carbons (Fsp3) is 0.556. The Hall–Kier alpha value is -3.37. The van der Waals surface area contributed by atoms with Gasteiger partial charge in [-0.1, -0.05) is 25.3 Å². The first-order valence-corrected chi connectivity index (χ1v) is 18.7. The zero-order chi connectivity index (χ0) is 32.4. The zero-order valence-electron chi connectivity index (χ0n) is 27.5. The number of ether oxygens (including phenoxy) is 1. The fourth-order valence-corrected chi connectivity index (χ4v) is 8.37. The maximum Gasteiger partial charge on any atom is 0.264 e. The molecule has 46 heavy (non-hydrogen) atoms. The van der Waals surface area contributed by atoms with Gasteiger partial charge in [-0.3, -0.25) is 9.59 Å². The Morgan fingerprint density at radius 2 is 1.74 bits per heavy atom. The first kappa shape index (κ1) is 32.6. The van der Waals surface area contributed by atoms with Crippen LogP contribution in [0.25, 0.3) is 22.2 Å². The first-order valence-electron chi connectivity index (χ1n) is 17.0. The molecule has 1 aromatic heterocycles. The van der Waals surface area contributed by atoms with E-state index in [0.29, 0.717) is 17.9 Å². The van der Waals surface area contributed by atoms with Gasteiger partial charge >= 0.3 is 0 Å². The molecular weight excluding hydrogens is 600 g/mol. The number of aryl methyl sites for hydroxylation is 1. The van der Waals surface area contributed by atoms with Gasteiger partial charge in [0.05, 0.1) is 18.6 Å². The van der Waals surface area contributed by atoms with E-state index >= 15 is 0 Å². The number of sulfonamides is 1. The number of hydrogen-bond donors (Lipinski definition) is 1. The minimum atomic E-state index is -3.69. The summed E-state index contributed by atoms with van der Waals surface area (Å²) in [4.78, 5) is 30.9. The van der Waals surface area contributed by atoms with Crippen molar-refractivity contribution in [3.8, 4) is 17.0 Å². The van der Waals surface area contributed by atoms with Crippen LogP contribution in [-0.2, 0) is 21.4 Å². The molecule has 10 heteroatoms. The molecule has 1 saturated carbocycles. The Bertz CT molecular complexity index is 1710. The Morgan fingerprint density at radius 1 is 0.935 bits per heavy atom. The smallest absolute Gasteiger partial charge is 0.264 e. The summed E-state index contributed by atoms with van der Waals surface area (Å²) in [6.45, 7) is 5.78. The summed E-state index contributed by atoms with van der Waals surface area (Å²) in [5.74, 6) is 0.848. The molecule has 3 heterocycles. The van der Waals surface area contributed by atoms with Gasteiger partial charge in [0.2, 0.25) is 15.9 Å². The van der Waals surface area contributed by atoms with Gasteiger partial charge in [-0.05, 0) is 106 Å². The molecule has 1 unspecified atom stereocenters. The summed E-state index contributed by atoms with van der Waals surface area (Å²) in [6.07, 6.45) is 8.99. The van der Waals surface area contributed by atoms with Crippen molar-refractivity contribution in [3.63, 3.8) is 0 Å². The molecule has 0 radical (unpaired) electrons. The molecule has 248 valence electrons. The maximum absolute atomic E-state index is 13.4. The van der Waals surface area contributed by atoms with Crippen molar-refractivity contribution >= 4 is 32.7 Å². The molecule has 1 saturated heterocycles. The van der Waals surface area contributed by atoms with E-state index < -0.39 is 15.9 Å². The molecule has 9 nitrogen and oxygen atoms in total. The van der Waals surface area contributed by atoms with Crippen LogP contribution in [0.4, 0.5) is 0 Å². The standard InChI is InChI=1S/C36H48N4O5S/c1-4-46(43,44)37-36(42)27-11-14-30-32(23-27)40-20-17-25(12-16-33(41)39-19-8-18-38(2)21-22-39)31-24-28(45-3)13-15-29(31)35(40)34(30)26-9-6-5-7-10-26/h11,13-15,23-26H,4-10,12,16-22H2,1-3H3,(H,37,42). The molecule has 3 aromatic rings. The number of carbonyl (C=O) groups excluding carboxylic acids is 2. The van der Waals surface area contributed by atoms with E-state index in [9.17, 15) is 18.0 Å². The highest BCUT2D eigenvalue weighted by molar-refractivity contribution is 7.90. The minimum Gasteiger partial charge on any atom is -0.497 e. The molecule has 1 N–H and O–H groups in total. The Balaban J connectivity index is 1.41. The third kappa shape index (κ3) is 6.69. The van der Waals surface area contributed by atoms with Gasteiger partial charge in [0.1, 0.15) is 5.75 Å². The van der Waals surface area contributed by atoms with Crippen molar-refractivity contribution < 1.29 is 22.7 Å². The molecule has 1 aliphatic carbocycles. The molecule has 0 spiro atoms. The average molecular weight is 649 g/mol. The fourth-order valence-electron chi connectivity index (χ4n) is 7.83. The summed E-state index contributed by atoms with van der Waals surface area (Å²) < 4.78 is 34.8. The lowest BCUT2D eigenvalue weighted by molar-refractivity contribution is -0.131. The van der Waals surface area contributed by atoms with Crippen LogP contribution in [-0.4, -0.2) is 80.7 Å². The van der Waals surface area contributed by atoms with Gasteiger partial charge in [-0.2, -0.15) is 0 Å². The molecule has 2 aliphatic heterocycles. The third-order valence-corrected chi connectivity index (χ3v) is 11.7. The second-order valence-corrected chi connectivity index (χ2v) is 15.3. The van der Waals surface area contributed by atoms with Crippen LogP contribution in [0, 0.1) is 0 Å². The van der Waals surface area contributed by atoms with E-state index in [4.69, 9.17) is 4.74 Å². The quantitative estimate of drug-likeness (QED) is 0.328. The van der Waals surface area contributed by atoms with Crippen LogP contribution >= 0.6 is 0 Å². The number of carbonyl (C=O) groups is 2. The van der Waals surface area contributed by atoms with E-state index in [1.54, 1.807) is 13.2 Å². The van der Waals surface area contributed by atoms with Crippen LogP contribution in [0.15, 0.2) is 36.4 Å². The number of rotatable bonds is 8. The number of nitrogens with zero attached hydrogens (tertiary/aromatic N) is 3. The molecule has 6 rings (SSSR count). The van der Waals surface area contributed by atoms with Gasteiger partial charge in [0, 0.05) is 54.6 Å². The molecule has 2 amide bonds. The number of nitrogens with one attached hydrogen (secondary N) is 1. The molecule has 0 bridgehead atoms. The van der Waals surface area contributed by atoms with Crippen molar-refractivity contribution in [1.82, 2.24) is 19.1 Å². The number of aromatic nitrogens is 1. The van der Waals surface area contributed by atoms with Crippen molar-refractivity contribution in [1.29, 1.82) is 0 Å². The highest BCUT2D eigenvalue weighted by Crippen LogP contribution is 2.49. The number of fused-ring (bicyclic) bond motifs is 5. The van der Waals surface area contributed by atoms with Gasteiger partial charge in [-0.15, -0.1) is 0 Å². The predicted molar refractivity (Wildman–Crippen MR) is 182 cm³/mol. The van der Waals surface area contributed by atoms with Gasteiger partial charge in [0.15, 0.2) is 0 Å². The summed E-state index contributed by atoms with van der Waals surface area (Å²) in [6, 6.07) is 12.0. The lowest BCUT2D eigenvalue weighted by Crippen LogP contribution is -2.34. The lowest BCUT2D eigenvalue weighted by atomic mass is 9.80. The Labute approximate surface area is 273 Å². The molecular formula is C36H48N4O5S. The van der Waals surface area contributed by atoms with E-state index in [1.807, 2.05) is 23.1 Å². The molecule has 1 atom stereocenters. The number of methoxy groups -OCH3 is 1.